The standard InChI is InChI=1S/C16H15N3O2/c1-2-13(17)16(21)19-8-7-11-10-5-3-4-6-12(10)15(20)18-14(11)9-19/h1,3-6,13H,7-9,17H2,(H,18,20)/t13-/m1/s1. The smallest absolute Gasteiger partial charge is 0.256 e. The summed E-state index contributed by atoms with van der Waals surface area (Å²) in [4.78, 5) is 28.6. The van der Waals surface area contributed by atoms with Crippen LogP contribution in [0.15, 0.2) is 29.1 Å². The van der Waals surface area contributed by atoms with Crippen LogP contribution in [0.2, 0.25) is 0 Å². The molecule has 0 saturated heterocycles. The zero-order chi connectivity index (χ0) is 15.0. The van der Waals surface area contributed by atoms with Gasteiger partial charge < -0.3 is 15.6 Å². The number of H-pyrrole nitrogens is 1. The van der Waals surface area contributed by atoms with Crippen molar-refractivity contribution >= 4 is 16.7 Å². The number of benzene rings is 1. The van der Waals surface area contributed by atoms with Crippen LogP contribution < -0.4 is 11.3 Å². The molecule has 0 fully saturated rings. The number of aromatic nitrogens is 1. The van der Waals surface area contributed by atoms with Gasteiger partial charge in [-0.1, -0.05) is 24.1 Å². The fourth-order valence-electron chi connectivity index (χ4n) is 2.78. The summed E-state index contributed by atoms with van der Waals surface area (Å²) in [6.45, 7) is 0.890. The Bertz CT molecular complexity index is 816. The Labute approximate surface area is 121 Å². The molecule has 1 amide bonds. The fraction of sp³-hybridized carbons (Fsp3) is 0.250. The van der Waals surface area contributed by atoms with Crippen LogP contribution in [0.4, 0.5) is 0 Å². The summed E-state index contributed by atoms with van der Waals surface area (Å²) in [5, 5.41) is 1.63. The number of amides is 1. The van der Waals surface area contributed by atoms with Gasteiger partial charge in [-0.2, -0.15) is 0 Å². The van der Waals surface area contributed by atoms with E-state index in [9.17, 15) is 9.59 Å². The highest BCUT2D eigenvalue weighted by atomic mass is 16.2. The molecular weight excluding hydrogens is 266 g/mol. The van der Waals surface area contributed by atoms with Gasteiger partial charge in [0, 0.05) is 17.6 Å². The zero-order valence-electron chi connectivity index (χ0n) is 11.4. The second-order valence-electron chi connectivity index (χ2n) is 5.11. The number of hydrogen-bond acceptors (Lipinski definition) is 3. The van der Waals surface area contributed by atoms with E-state index in [1.54, 1.807) is 11.0 Å². The van der Waals surface area contributed by atoms with Gasteiger partial charge in [-0.05, 0) is 23.4 Å². The van der Waals surface area contributed by atoms with E-state index in [0.717, 1.165) is 16.6 Å². The summed E-state index contributed by atoms with van der Waals surface area (Å²) < 4.78 is 0. The van der Waals surface area contributed by atoms with E-state index in [4.69, 9.17) is 12.2 Å². The number of carbonyl (C=O) groups excluding carboxylic acids is 1. The molecule has 1 aromatic carbocycles. The largest absolute Gasteiger partial charge is 0.334 e. The van der Waals surface area contributed by atoms with E-state index in [-0.39, 0.29) is 11.5 Å². The van der Waals surface area contributed by atoms with Gasteiger partial charge in [-0.25, -0.2) is 0 Å². The second-order valence-corrected chi connectivity index (χ2v) is 5.11. The highest BCUT2D eigenvalue weighted by Crippen LogP contribution is 2.23. The number of nitrogens with two attached hydrogens (primary N) is 1. The predicted molar refractivity (Wildman–Crippen MR) is 80.5 cm³/mol. The van der Waals surface area contributed by atoms with Crippen molar-refractivity contribution < 1.29 is 4.79 Å². The van der Waals surface area contributed by atoms with Crippen LogP contribution >= 0.6 is 0 Å². The Kier molecular flexibility index (Phi) is 3.24. The SMILES string of the molecule is C#C[C@@H](N)C(=O)N1CCc2c([nH]c(=O)c3ccccc23)C1. The molecule has 2 aromatic rings. The minimum absolute atomic E-state index is 0.139. The molecule has 0 aliphatic carbocycles. The van der Waals surface area contributed by atoms with E-state index >= 15 is 0 Å². The molecule has 1 aliphatic heterocycles. The molecule has 5 heteroatoms. The average Bonchev–Trinajstić information content (AvgIpc) is 2.53. The second kappa shape index (κ2) is 5.08. The first-order valence-corrected chi connectivity index (χ1v) is 6.75. The van der Waals surface area contributed by atoms with Crippen LogP contribution in [0.25, 0.3) is 10.8 Å². The van der Waals surface area contributed by atoms with Crippen molar-refractivity contribution in [1.82, 2.24) is 9.88 Å². The third-order valence-corrected chi connectivity index (χ3v) is 3.86. The van der Waals surface area contributed by atoms with Gasteiger partial charge in [-0.3, -0.25) is 9.59 Å². The van der Waals surface area contributed by atoms with Crippen molar-refractivity contribution in [3.05, 3.63) is 45.9 Å². The number of terminal acetylenes is 1. The maximum Gasteiger partial charge on any atom is 0.256 e. The van der Waals surface area contributed by atoms with Crippen molar-refractivity contribution in [2.45, 2.75) is 19.0 Å². The first-order chi connectivity index (χ1) is 10.1. The third kappa shape index (κ3) is 2.20. The zero-order valence-corrected chi connectivity index (χ0v) is 11.4. The van der Waals surface area contributed by atoms with Crippen LogP contribution in [0.3, 0.4) is 0 Å². The van der Waals surface area contributed by atoms with Crippen molar-refractivity contribution in [3.63, 3.8) is 0 Å². The molecule has 0 saturated carbocycles. The summed E-state index contributed by atoms with van der Waals surface area (Å²) in [6.07, 6.45) is 5.87. The number of pyridine rings is 1. The Balaban J connectivity index is 2.03. The van der Waals surface area contributed by atoms with E-state index in [1.165, 1.54) is 0 Å². The monoisotopic (exact) mass is 281 g/mol. The highest BCUT2D eigenvalue weighted by molar-refractivity contribution is 5.87. The molecule has 2 heterocycles. The lowest BCUT2D eigenvalue weighted by atomic mass is 9.98. The summed E-state index contributed by atoms with van der Waals surface area (Å²) in [5.74, 6) is 1.96. The summed E-state index contributed by atoms with van der Waals surface area (Å²) in [6, 6.07) is 6.56. The molecule has 0 bridgehead atoms. The minimum Gasteiger partial charge on any atom is -0.334 e. The minimum atomic E-state index is -0.932. The summed E-state index contributed by atoms with van der Waals surface area (Å²) in [5.41, 5.74) is 7.30. The Hall–Kier alpha value is -2.58. The van der Waals surface area contributed by atoms with E-state index in [1.807, 2.05) is 18.2 Å². The van der Waals surface area contributed by atoms with E-state index in [0.29, 0.717) is 24.9 Å². The van der Waals surface area contributed by atoms with Gasteiger partial charge >= 0.3 is 0 Å². The molecule has 0 unspecified atom stereocenters. The fourth-order valence-corrected chi connectivity index (χ4v) is 2.78. The maximum absolute atomic E-state index is 12.1. The van der Waals surface area contributed by atoms with E-state index < -0.39 is 6.04 Å². The normalized spacial score (nSPS) is 15.3. The van der Waals surface area contributed by atoms with Crippen molar-refractivity contribution in [2.24, 2.45) is 5.73 Å². The molecule has 3 rings (SSSR count). The Morgan fingerprint density at radius 2 is 2.10 bits per heavy atom. The van der Waals surface area contributed by atoms with Crippen LogP contribution in [0.1, 0.15) is 11.3 Å². The first-order valence-electron chi connectivity index (χ1n) is 6.75. The van der Waals surface area contributed by atoms with Gasteiger partial charge in [0.1, 0.15) is 6.04 Å². The molecular formula is C16H15N3O2. The molecule has 1 aromatic heterocycles. The van der Waals surface area contributed by atoms with Gasteiger partial charge in [-0.15, -0.1) is 6.42 Å². The van der Waals surface area contributed by atoms with E-state index in [2.05, 4.69) is 10.9 Å². The lowest BCUT2D eigenvalue weighted by Gasteiger charge is -2.30. The number of fused-ring (bicyclic) bond motifs is 3. The van der Waals surface area contributed by atoms with Gasteiger partial charge in [0.2, 0.25) is 0 Å². The quantitative estimate of drug-likeness (QED) is 0.741. The Morgan fingerprint density at radius 3 is 2.81 bits per heavy atom. The Morgan fingerprint density at radius 1 is 1.38 bits per heavy atom. The number of hydrogen-bond donors (Lipinski definition) is 2. The number of rotatable bonds is 1. The molecule has 0 spiro atoms. The molecule has 21 heavy (non-hydrogen) atoms. The van der Waals surface area contributed by atoms with Gasteiger partial charge in [0.05, 0.1) is 6.54 Å². The van der Waals surface area contributed by atoms with Crippen LogP contribution in [-0.4, -0.2) is 28.4 Å². The highest BCUT2D eigenvalue weighted by Gasteiger charge is 2.25. The number of nitrogens with zero attached hydrogens (tertiary/aromatic N) is 1. The average molecular weight is 281 g/mol. The van der Waals surface area contributed by atoms with Crippen LogP contribution in [0.5, 0.6) is 0 Å². The van der Waals surface area contributed by atoms with Crippen molar-refractivity contribution in [1.29, 1.82) is 0 Å². The number of nitrogens with one attached hydrogen (secondary N) is 1. The lowest BCUT2D eigenvalue weighted by molar-refractivity contribution is -0.132. The third-order valence-electron chi connectivity index (χ3n) is 3.86. The predicted octanol–water partition coefficient (Wildman–Crippen LogP) is 0.373. The molecule has 106 valence electrons. The molecule has 1 atom stereocenters. The number of aromatic amines is 1. The molecule has 5 nitrogen and oxygen atoms in total. The first kappa shape index (κ1) is 13.4. The topological polar surface area (TPSA) is 79.2 Å². The van der Waals surface area contributed by atoms with Gasteiger partial charge in [0.25, 0.3) is 11.5 Å². The van der Waals surface area contributed by atoms with Crippen molar-refractivity contribution in [2.75, 3.05) is 6.54 Å². The number of carbonyl (C=O) groups is 1. The molecule has 0 radical (unpaired) electrons. The van der Waals surface area contributed by atoms with Crippen molar-refractivity contribution in [3.8, 4) is 12.3 Å². The molecule has 1 aliphatic rings. The van der Waals surface area contributed by atoms with Crippen LogP contribution in [0, 0.1) is 12.3 Å². The lowest BCUT2D eigenvalue weighted by Crippen LogP contribution is -2.45. The maximum atomic E-state index is 12.1. The summed E-state index contributed by atoms with van der Waals surface area (Å²) >= 11 is 0. The summed E-state index contributed by atoms with van der Waals surface area (Å²) in [7, 11) is 0. The van der Waals surface area contributed by atoms with Gasteiger partial charge in [0.15, 0.2) is 0 Å². The molecule has 3 N–H and O–H groups in total. The van der Waals surface area contributed by atoms with Crippen LogP contribution in [-0.2, 0) is 17.8 Å².